The zero-order valence-electron chi connectivity index (χ0n) is 10.6. The van der Waals surface area contributed by atoms with E-state index in [2.05, 4.69) is 5.32 Å². The minimum Gasteiger partial charge on any atom is -0.444 e. The molecular weight excluding hydrogens is 220 g/mol. The molecule has 17 heavy (non-hydrogen) atoms. The van der Waals surface area contributed by atoms with Crippen LogP contribution in [0.1, 0.15) is 40.0 Å². The number of nitrogens with two attached hydrogens (primary N) is 1. The highest BCUT2D eigenvalue weighted by atomic mass is 16.6. The Morgan fingerprint density at radius 2 is 2.06 bits per heavy atom. The highest BCUT2D eigenvalue weighted by molar-refractivity contribution is 5.80. The van der Waals surface area contributed by atoms with Crippen LogP contribution in [0.4, 0.5) is 4.79 Å². The summed E-state index contributed by atoms with van der Waals surface area (Å²) in [6, 6.07) is 0. The van der Waals surface area contributed by atoms with E-state index in [0.29, 0.717) is 6.42 Å². The zero-order valence-corrected chi connectivity index (χ0v) is 10.6. The third-order valence-corrected chi connectivity index (χ3v) is 3.80. The lowest BCUT2D eigenvalue weighted by atomic mass is 9.47. The van der Waals surface area contributed by atoms with E-state index in [1.54, 1.807) is 0 Å². The van der Waals surface area contributed by atoms with Crippen LogP contribution in [0.5, 0.6) is 0 Å². The van der Waals surface area contributed by atoms with E-state index in [-0.39, 0.29) is 23.3 Å². The van der Waals surface area contributed by atoms with Crippen molar-refractivity contribution in [3.63, 3.8) is 0 Å². The van der Waals surface area contributed by atoms with Crippen LogP contribution in [0.2, 0.25) is 0 Å². The van der Waals surface area contributed by atoms with E-state index < -0.39 is 11.7 Å². The number of hydrogen-bond donors (Lipinski definition) is 2. The molecule has 2 rings (SSSR count). The molecule has 0 spiro atoms. The predicted molar refractivity (Wildman–Crippen MR) is 62.1 cm³/mol. The fraction of sp³-hybridized carbons (Fsp3) is 0.833. The molecule has 2 saturated carbocycles. The van der Waals surface area contributed by atoms with Crippen molar-refractivity contribution >= 4 is 12.0 Å². The molecule has 2 amide bonds. The van der Waals surface area contributed by atoms with Gasteiger partial charge in [-0.2, -0.15) is 0 Å². The predicted octanol–water partition coefficient (Wildman–Crippen LogP) is 1.17. The topological polar surface area (TPSA) is 81.4 Å². The van der Waals surface area contributed by atoms with Gasteiger partial charge in [0.2, 0.25) is 5.91 Å². The van der Waals surface area contributed by atoms with E-state index in [1.165, 1.54) is 0 Å². The normalized spacial score (nSPS) is 35.0. The number of hydrogen-bond acceptors (Lipinski definition) is 3. The third kappa shape index (κ3) is 2.10. The number of carbonyl (C=O) groups excluding carboxylic acids is 2. The van der Waals surface area contributed by atoms with Gasteiger partial charge < -0.3 is 15.8 Å². The first-order valence-electron chi connectivity index (χ1n) is 6.04. The van der Waals surface area contributed by atoms with Gasteiger partial charge in [-0.25, -0.2) is 4.79 Å². The van der Waals surface area contributed by atoms with Crippen molar-refractivity contribution in [2.24, 2.45) is 17.6 Å². The SMILES string of the molecule is CC(C)(C)OC(=O)NC12CCC1C(C(N)=O)C2. The Morgan fingerprint density at radius 3 is 2.41 bits per heavy atom. The highest BCUT2D eigenvalue weighted by Crippen LogP contribution is 2.57. The second-order valence-corrected chi connectivity index (χ2v) is 6.14. The summed E-state index contributed by atoms with van der Waals surface area (Å²) < 4.78 is 5.22. The molecule has 0 radical (unpaired) electrons. The molecule has 2 aliphatic rings. The Balaban J connectivity index is 1.89. The fourth-order valence-electron chi connectivity index (χ4n) is 2.89. The number of carbonyl (C=O) groups is 2. The van der Waals surface area contributed by atoms with Crippen LogP contribution in [0.25, 0.3) is 0 Å². The quantitative estimate of drug-likeness (QED) is 0.760. The van der Waals surface area contributed by atoms with Gasteiger partial charge in [0, 0.05) is 11.5 Å². The number of nitrogens with one attached hydrogen (secondary N) is 1. The van der Waals surface area contributed by atoms with Crippen molar-refractivity contribution in [1.82, 2.24) is 5.32 Å². The van der Waals surface area contributed by atoms with Crippen molar-refractivity contribution in [3.05, 3.63) is 0 Å². The second kappa shape index (κ2) is 3.62. The first kappa shape index (κ1) is 12.2. The fourth-order valence-corrected chi connectivity index (χ4v) is 2.89. The van der Waals surface area contributed by atoms with E-state index in [1.807, 2.05) is 20.8 Å². The van der Waals surface area contributed by atoms with Gasteiger partial charge in [-0.3, -0.25) is 4.79 Å². The molecule has 0 aliphatic heterocycles. The summed E-state index contributed by atoms with van der Waals surface area (Å²) in [6.45, 7) is 5.49. The van der Waals surface area contributed by atoms with Crippen molar-refractivity contribution < 1.29 is 14.3 Å². The maximum Gasteiger partial charge on any atom is 0.408 e. The highest BCUT2D eigenvalue weighted by Gasteiger charge is 2.62. The number of primary amides is 1. The van der Waals surface area contributed by atoms with Gasteiger partial charge >= 0.3 is 6.09 Å². The molecule has 0 bridgehead atoms. The van der Waals surface area contributed by atoms with E-state index in [9.17, 15) is 9.59 Å². The largest absolute Gasteiger partial charge is 0.444 e. The molecule has 5 heteroatoms. The molecule has 3 atom stereocenters. The Bertz CT molecular complexity index is 361. The minimum absolute atomic E-state index is 0.0707. The van der Waals surface area contributed by atoms with Gasteiger partial charge in [0.15, 0.2) is 0 Å². The molecule has 3 unspecified atom stereocenters. The smallest absolute Gasteiger partial charge is 0.408 e. The van der Waals surface area contributed by atoms with Gasteiger partial charge in [0.1, 0.15) is 5.60 Å². The molecule has 0 aromatic rings. The van der Waals surface area contributed by atoms with Crippen LogP contribution < -0.4 is 11.1 Å². The Morgan fingerprint density at radius 1 is 1.41 bits per heavy atom. The molecule has 0 saturated heterocycles. The van der Waals surface area contributed by atoms with Crippen molar-refractivity contribution in [3.8, 4) is 0 Å². The Labute approximate surface area is 101 Å². The van der Waals surface area contributed by atoms with Crippen molar-refractivity contribution in [2.75, 3.05) is 0 Å². The molecule has 0 aromatic heterocycles. The van der Waals surface area contributed by atoms with Gasteiger partial charge in [0.25, 0.3) is 0 Å². The molecule has 0 aromatic carbocycles. The lowest BCUT2D eigenvalue weighted by Gasteiger charge is -2.62. The third-order valence-electron chi connectivity index (χ3n) is 3.80. The lowest BCUT2D eigenvalue weighted by Crippen LogP contribution is -2.72. The van der Waals surface area contributed by atoms with Gasteiger partial charge in [0.05, 0.1) is 0 Å². The van der Waals surface area contributed by atoms with Crippen LogP contribution in [-0.4, -0.2) is 23.1 Å². The van der Waals surface area contributed by atoms with Crippen molar-refractivity contribution in [2.45, 2.75) is 51.2 Å². The summed E-state index contributed by atoms with van der Waals surface area (Å²) >= 11 is 0. The standard InChI is InChI=1S/C12H20N2O3/c1-11(2,3)17-10(16)14-12-5-4-8(12)7(6-12)9(13)15/h7-8H,4-6H2,1-3H3,(H2,13,15)(H,14,16). The summed E-state index contributed by atoms with van der Waals surface area (Å²) in [5, 5.41) is 2.90. The van der Waals surface area contributed by atoms with E-state index in [4.69, 9.17) is 10.5 Å². The Kier molecular flexibility index (Phi) is 2.60. The maximum atomic E-state index is 11.7. The number of fused-ring (bicyclic) bond motifs is 1. The van der Waals surface area contributed by atoms with Crippen LogP contribution >= 0.6 is 0 Å². The van der Waals surface area contributed by atoms with E-state index >= 15 is 0 Å². The number of alkyl carbamates (subject to hydrolysis) is 1. The average Bonchev–Trinajstić information content (AvgIpc) is 2.10. The van der Waals surface area contributed by atoms with Crippen LogP contribution in [0, 0.1) is 11.8 Å². The van der Waals surface area contributed by atoms with Gasteiger partial charge in [-0.05, 0) is 46.0 Å². The molecule has 96 valence electrons. The van der Waals surface area contributed by atoms with E-state index in [0.717, 1.165) is 12.8 Å². The first-order chi connectivity index (χ1) is 7.73. The second-order valence-electron chi connectivity index (χ2n) is 6.14. The maximum absolute atomic E-state index is 11.7. The molecule has 2 fully saturated rings. The van der Waals surface area contributed by atoms with Crippen LogP contribution in [0.3, 0.4) is 0 Å². The summed E-state index contributed by atoms with van der Waals surface area (Å²) in [4.78, 5) is 22.8. The summed E-state index contributed by atoms with van der Waals surface area (Å²) in [7, 11) is 0. The van der Waals surface area contributed by atoms with Gasteiger partial charge in [-0.15, -0.1) is 0 Å². The molecule has 3 N–H and O–H groups in total. The molecule has 5 nitrogen and oxygen atoms in total. The monoisotopic (exact) mass is 240 g/mol. The molecule has 2 aliphatic carbocycles. The van der Waals surface area contributed by atoms with Crippen molar-refractivity contribution in [1.29, 1.82) is 0 Å². The van der Waals surface area contributed by atoms with Crippen LogP contribution in [-0.2, 0) is 9.53 Å². The summed E-state index contributed by atoms with van der Waals surface area (Å²) in [5.74, 6) is -0.109. The van der Waals surface area contributed by atoms with Gasteiger partial charge in [-0.1, -0.05) is 0 Å². The number of ether oxygens (including phenoxy) is 1. The Hall–Kier alpha value is -1.26. The first-order valence-corrected chi connectivity index (χ1v) is 6.04. The van der Waals surface area contributed by atoms with Crippen LogP contribution in [0.15, 0.2) is 0 Å². The number of amides is 2. The summed E-state index contributed by atoms with van der Waals surface area (Å²) in [5.41, 5.74) is 4.58. The zero-order chi connectivity index (χ0) is 12.8. The minimum atomic E-state index is -0.493. The average molecular weight is 240 g/mol. The lowest BCUT2D eigenvalue weighted by molar-refractivity contribution is -0.144. The molecular formula is C12H20N2O3. The number of rotatable bonds is 2. The summed E-state index contributed by atoms with van der Waals surface area (Å²) in [6.07, 6.45) is 2.14. The molecule has 0 heterocycles.